The minimum atomic E-state index is -0.271. The van der Waals surface area contributed by atoms with Gasteiger partial charge < -0.3 is 10.1 Å². The van der Waals surface area contributed by atoms with E-state index in [1.165, 1.54) is 13.2 Å². The Labute approximate surface area is 133 Å². The van der Waals surface area contributed by atoms with E-state index >= 15 is 0 Å². The van der Waals surface area contributed by atoms with E-state index in [0.29, 0.717) is 11.3 Å². The summed E-state index contributed by atoms with van der Waals surface area (Å²) in [6.07, 6.45) is 0. The maximum Gasteiger partial charge on any atom is 0.132 e. The molecular formula is C17H19BrFNO. The van der Waals surface area contributed by atoms with Crippen LogP contribution in [0.5, 0.6) is 5.75 Å². The molecule has 2 aromatic rings. The van der Waals surface area contributed by atoms with Gasteiger partial charge in [0.15, 0.2) is 0 Å². The zero-order valence-electron chi connectivity index (χ0n) is 12.6. The summed E-state index contributed by atoms with van der Waals surface area (Å²) >= 11 is 3.56. The third-order valence-electron chi connectivity index (χ3n) is 3.60. The topological polar surface area (TPSA) is 21.3 Å². The predicted molar refractivity (Wildman–Crippen MR) is 87.5 cm³/mol. The van der Waals surface area contributed by atoms with Crippen molar-refractivity contribution in [2.24, 2.45) is 0 Å². The van der Waals surface area contributed by atoms with E-state index < -0.39 is 0 Å². The summed E-state index contributed by atoms with van der Waals surface area (Å²) in [5.74, 6) is 0.251. The molecule has 0 aliphatic carbocycles. The van der Waals surface area contributed by atoms with Crippen molar-refractivity contribution < 1.29 is 9.13 Å². The van der Waals surface area contributed by atoms with E-state index in [1.807, 2.05) is 20.9 Å². The lowest BCUT2D eigenvalue weighted by molar-refractivity contribution is 0.410. The Balaban J connectivity index is 2.49. The van der Waals surface area contributed by atoms with Crippen LogP contribution in [0.4, 0.5) is 4.39 Å². The smallest absolute Gasteiger partial charge is 0.132 e. The second-order valence-electron chi connectivity index (χ2n) is 5.08. The molecule has 0 saturated heterocycles. The molecular weight excluding hydrogens is 333 g/mol. The van der Waals surface area contributed by atoms with E-state index in [4.69, 9.17) is 4.74 Å². The first-order valence-corrected chi connectivity index (χ1v) is 7.54. The molecule has 21 heavy (non-hydrogen) atoms. The number of methoxy groups -OCH3 is 1. The molecule has 0 aliphatic rings. The maximum absolute atomic E-state index is 14.3. The van der Waals surface area contributed by atoms with Gasteiger partial charge >= 0.3 is 0 Å². The highest BCUT2D eigenvalue weighted by Gasteiger charge is 2.18. The van der Waals surface area contributed by atoms with Crippen molar-refractivity contribution in [2.75, 3.05) is 14.2 Å². The van der Waals surface area contributed by atoms with Crippen molar-refractivity contribution in [3.63, 3.8) is 0 Å². The number of hydrogen-bond donors (Lipinski definition) is 1. The summed E-state index contributed by atoms with van der Waals surface area (Å²) in [7, 11) is 3.37. The molecule has 112 valence electrons. The van der Waals surface area contributed by atoms with Crippen molar-refractivity contribution in [3.05, 3.63) is 62.9 Å². The molecule has 0 aromatic heterocycles. The summed E-state index contributed by atoms with van der Waals surface area (Å²) in [6, 6.07) is 8.91. The van der Waals surface area contributed by atoms with E-state index in [0.717, 1.165) is 21.2 Å². The fourth-order valence-corrected chi connectivity index (χ4v) is 2.75. The zero-order chi connectivity index (χ0) is 15.6. The van der Waals surface area contributed by atoms with Gasteiger partial charge in [-0.15, -0.1) is 0 Å². The Morgan fingerprint density at radius 3 is 2.24 bits per heavy atom. The normalized spacial score (nSPS) is 12.3. The van der Waals surface area contributed by atoms with E-state index in [1.54, 1.807) is 12.1 Å². The lowest BCUT2D eigenvalue weighted by Gasteiger charge is -2.20. The van der Waals surface area contributed by atoms with Crippen molar-refractivity contribution in [1.82, 2.24) is 5.32 Å². The van der Waals surface area contributed by atoms with Crippen molar-refractivity contribution in [1.29, 1.82) is 0 Å². The zero-order valence-corrected chi connectivity index (χ0v) is 14.2. The monoisotopic (exact) mass is 351 g/mol. The molecule has 0 heterocycles. The molecule has 0 fully saturated rings. The lowest BCUT2D eigenvalue weighted by Crippen LogP contribution is -2.19. The van der Waals surface area contributed by atoms with Crippen LogP contribution >= 0.6 is 15.9 Å². The molecule has 2 rings (SSSR count). The van der Waals surface area contributed by atoms with Gasteiger partial charge in [0.05, 0.1) is 13.2 Å². The lowest BCUT2D eigenvalue weighted by atomic mass is 9.95. The third kappa shape index (κ3) is 3.27. The Morgan fingerprint density at radius 2 is 1.76 bits per heavy atom. The fraction of sp³-hybridized carbons (Fsp3) is 0.294. The molecule has 0 bridgehead atoms. The van der Waals surface area contributed by atoms with Crippen molar-refractivity contribution >= 4 is 15.9 Å². The Morgan fingerprint density at radius 1 is 1.14 bits per heavy atom. The first-order valence-electron chi connectivity index (χ1n) is 6.75. The van der Waals surface area contributed by atoms with Crippen LogP contribution in [0.1, 0.15) is 28.3 Å². The first kappa shape index (κ1) is 16.0. The van der Waals surface area contributed by atoms with Gasteiger partial charge in [-0.1, -0.05) is 34.1 Å². The van der Waals surface area contributed by atoms with Crippen LogP contribution in [0.25, 0.3) is 0 Å². The minimum Gasteiger partial charge on any atom is -0.497 e. The summed E-state index contributed by atoms with van der Waals surface area (Å²) in [4.78, 5) is 0. The van der Waals surface area contributed by atoms with Gasteiger partial charge in [-0.2, -0.15) is 0 Å². The van der Waals surface area contributed by atoms with Crippen LogP contribution < -0.4 is 10.1 Å². The molecule has 0 amide bonds. The van der Waals surface area contributed by atoms with Crippen LogP contribution in [-0.2, 0) is 0 Å². The first-order chi connectivity index (χ1) is 9.97. The Bertz CT molecular complexity index is 634. The number of halogens is 2. The van der Waals surface area contributed by atoms with E-state index in [2.05, 4.69) is 33.4 Å². The van der Waals surface area contributed by atoms with Crippen LogP contribution in [0.3, 0.4) is 0 Å². The molecule has 4 heteroatoms. The highest BCUT2D eigenvalue weighted by atomic mass is 79.9. The summed E-state index contributed by atoms with van der Waals surface area (Å²) in [5, 5.41) is 3.19. The maximum atomic E-state index is 14.3. The average molecular weight is 352 g/mol. The molecule has 0 aliphatic heterocycles. The van der Waals surface area contributed by atoms with Crippen LogP contribution in [0.2, 0.25) is 0 Å². The molecule has 2 nitrogen and oxygen atoms in total. The van der Waals surface area contributed by atoms with Crippen LogP contribution in [-0.4, -0.2) is 14.2 Å². The molecule has 1 atom stereocenters. The second-order valence-corrected chi connectivity index (χ2v) is 5.87. The van der Waals surface area contributed by atoms with Crippen LogP contribution in [0.15, 0.2) is 34.8 Å². The quantitative estimate of drug-likeness (QED) is 0.873. The molecule has 0 radical (unpaired) electrons. The van der Waals surface area contributed by atoms with Gasteiger partial charge in [0, 0.05) is 16.1 Å². The summed E-state index contributed by atoms with van der Waals surface area (Å²) < 4.78 is 20.5. The number of rotatable bonds is 4. The van der Waals surface area contributed by atoms with E-state index in [9.17, 15) is 4.39 Å². The SMILES string of the molecule is CNC(c1cc(C)c(Br)c(C)c1)c1ccc(OC)cc1F. The second kappa shape index (κ2) is 6.58. The molecule has 1 N–H and O–H groups in total. The molecule has 0 spiro atoms. The Hall–Kier alpha value is -1.39. The Kier molecular flexibility index (Phi) is 5.01. The van der Waals surface area contributed by atoms with Gasteiger partial charge in [0.1, 0.15) is 11.6 Å². The molecule has 0 saturated carbocycles. The number of hydrogen-bond acceptors (Lipinski definition) is 2. The van der Waals surface area contributed by atoms with E-state index in [-0.39, 0.29) is 11.9 Å². The van der Waals surface area contributed by atoms with Crippen molar-refractivity contribution in [2.45, 2.75) is 19.9 Å². The van der Waals surface area contributed by atoms with Gasteiger partial charge in [-0.3, -0.25) is 0 Å². The largest absolute Gasteiger partial charge is 0.497 e. The van der Waals surface area contributed by atoms with Gasteiger partial charge in [0.2, 0.25) is 0 Å². The number of ether oxygens (including phenoxy) is 1. The standard InChI is InChI=1S/C17H19BrFNO/c1-10-7-12(8-11(2)16(10)18)17(20-3)14-6-5-13(21-4)9-15(14)19/h5-9,17,20H,1-4H3. The van der Waals surface area contributed by atoms with Gasteiger partial charge in [-0.25, -0.2) is 4.39 Å². The van der Waals surface area contributed by atoms with Gasteiger partial charge in [0.25, 0.3) is 0 Å². The minimum absolute atomic E-state index is 0.193. The van der Waals surface area contributed by atoms with Crippen LogP contribution in [0, 0.1) is 19.7 Å². The van der Waals surface area contributed by atoms with Crippen molar-refractivity contribution in [3.8, 4) is 5.75 Å². The number of aryl methyl sites for hydroxylation is 2. The number of benzene rings is 2. The summed E-state index contributed by atoms with van der Waals surface area (Å²) in [6.45, 7) is 4.08. The summed E-state index contributed by atoms with van der Waals surface area (Å²) in [5.41, 5.74) is 3.93. The highest BCUT2D eigenvalue weighted by molar-refractivity contribution is 9.10. The molecule has 2 aromatic carbocycles. The average Bonchev–Trinajstić information content (AvgIpc) is 2.46. The highest BCUT2D eigenvalue weighted by Crippen LogP contribution is 2.31. The predicted octanol–water partition coefficient (Wildman–Crippen LogP) is 4.52. The molecule has 1 unspecified atom stereocenters. The van der Waals surface area contributed by atoms with Gasteiger partial charge in [-0.05, 0) is 43.7 Å². The fourth-order valence-electron chi connectivity index (χ4n) is 2.52. The third-order valence-corrected chi connectivity index (χ3v) is 4.85. The number of nitrogens with one attached hydrogen (secondary N) is 1.